The van der Waals surface area contributed by atoms with Crippen LogP contribution in [-0.2, 0) is 14.3 Å². The first kappa shape index (κ1) is 14.1. The van der Waals surface area contributed by atoms with Gasteiger partial charge in [0.15, 0.2) is 0 Å². The molecule has 3 aliphatic heterocycles. The molecule has 6 nitrogen and oxygen atoms in total. The van der Waals surface area contributed by atoms with E-state index in [0.29, 0.717) is 5.69 Å². The molecule has 0 spiro atoms. The third-order valence-corrected chi connectivity index (χ3v) is 5.08. The van der Waals surface area contributed by atoms with Crippen LogP contribution < -0.4 is 4.90 Å². The Hall–Kier alpha value is -2.47. The van der Waals surface area contributed by atoms with Crippen molar-refractivity contribution in [3.8, 4) is 0 Å². The zero-order valence-electron chi connectivity index (χ0n) is 12.6. The zero-order valence-corrected chi connectivity index (χ0v) is 12.6. The van der Waals surface area contributed by atoms with Crippen molar-refractivity contribution in [2.75, 3.05) is 4.90 Å². The maximum absolute atomic E-state index is 12.9. The summed E-state index contributed by atoms with van der Waals surface area (Å²) in [6.07, 6.45) is 3.69. The van der Waals surface area contributed by atoms with Gasteiger partial charge in [-0.05, 0) is 32.0 Å². The smallest absolute Gasteiger partial charge is 0.335 e. The fourth-order valence-electron chi connectivity index (χ4n) is 4.06. The first-order valence-electron chi connectivity index (χ1n) is 7.39. The van der Waals surface area contributed by atoms with Crippen LogP contribution in [0.1, 0.15) is 24.2 Å². The number of carboxylic acids is 1. The molecule has 1 aromatic rings. The van der Waals surface area contributed by atoms with Gasteiger partial charge in [-0.1, -0.05) is 18.2 Å². The van der Waals surface area contributed by atoms with E-state index in [1.807, 2.05) is 26.0 Å². The molecule has 3 heterocycles. The minimum Gasteiger partial charge on any atom is -0.478 e. The number of aromatic carboxylic acids is 1. The molecule has 2 saturated heterocycles. The van der Waals surface area contributed by atoms with Crippen molar-refractivity contribution in [2.24, 2.45) is 11.8 Å². The van der Waals surface area contributed by atoms with E-state index in [1.54, 1.807) is 6.07 Å². The van der Waals surface area contributed by atoms with Gasteiger partial charge in [-0.3, -0.25) is 9.59 Å². The Bertz CT molecular complexity index is 764. The fraction of sp³-hybridized carbons (Fsp3) is 0.353. The first-order valence-corrected chi connectivity index (χ1v) is 7.39. The normalized spacial score (nSPS) is 37.6. The van der Waals surface area contributed by atoms with Gasteiger partial charge in [-0.15, -0.1) is 0 Å². The van der Waals surface area contributed by atoms with E-state index in [4.69, 9.17) is 9.84 Å². The molecule has 0 aliphatic carbocycles. The molecule has 6 heteroatoms. The standard InChI is InChI=1S/C17H15NO5/c1-16-6-7-17(2,23-16)12-11(16)13(19)18(14(12)20)10-5-3-4-9(8-10)15(21)22/h3-8,11-12H,1-2H3,(H,21,22)/t11-,12-,16-,17+/m1/s1. The Morgan fingerprint density at radius 1 is 1.13 bits per heavy atom. The van der Waals surface area contributed by atoms with Crippen molar-refractivity contribution in [1.29, 1.82) is 0 Å². The number of fused-ring (bicyclic) bond motifs is 5. The largest absolute Gasteiger partial charge is 0.478 e. The van der Waals surface area contributed by atoms with Crippen LogP contribution in [0.3, 0.4) is 0 Å². The number of amides is 2. The molecule has 2 fully saturated rings. The van der Waals surface area contributed by atoms with Crippen molar-refractivity contribution in [3.63, 3.8) is 0 Å². The highest BCUT2D eigenvalue weighted by molar-refractivity contribution is 6.23. The molecule has 118 valence electrons. The number of hydrogen-bond acceptors (Lipinski definition) is 4. The quantitative estimate of drug-likeness (QED) is 0.662. The average Bonchev–Trinajstić information content (AvgIpc) is 3.04. The van der Waals surface area contributed by atoms with Crippen LogP contribution in [0.25, 0.3) is 0 Å². The molecule has 0 radical (unpaired) electrons. The molecule has 2 bridgehead atoms. The van der Waals surface area contributed by atoms with E-state index in [9.17, 15) is 14.4 Å². The average molecular weight is 313 g/mol. The molecule has 4 rings (SSSR count). The second-order valence-electron chi connectivity index (χ2n) is 6.63. The van der Waals surface area contributed by atoms with Gasteiger partial charge in [-0.2, -0.15) is 0 Å². The summed E-state index contributed by atoms with van der Waals surface area (Å²) in [5.41, 5.74) is -1.24. The predicted octanol–water partition coefficient (Wildman–Crippen LogP) is 1.61. The Morgan fingerprint density at radius 2 is 1.70 bits per heavy atom. The summed E-state index contributed by atoms with van der Waals surface area (Å²) >= 11 is 0. The number of anilines is 1. The first-order chi connectivity index (χ1) is 10.8. The summed E-state index contributed by atoms with van der Waals surface area (Å²) in [5.74, 6) is -2.91. The van der Waals surface area contributed by atoms with Gasteiger partial charge in [0.05, 0.1) is 34.3 Å². The van der Waals surface area contributed by atoms with Crippen LogP contribution >= 0.6 is 0 Å². The highest BCUT2D eigenvalue weighted by Gasteiger charge is 2.70. The van der Waals surface area contributed by atoms with Crippen molar-refractivity contribution in [1.82, 2.24) is 0 Å². The van der Waals surface area contributed by atoms with E-state index in [-0.39, 0.29) is 17.4 Å². The summed E-state index contributed by atoms with van der Waals surface area (Å²) in [6, 6.07) is 5.87. The molecule has 2 amide bonds. The number of benzene rings is 1. The molecule has 1 aromatic carbocycles. The third kappa shape index (κ3) is 1.64. The number of nitrogens with zero attached hydrogens (tertiary/aromatic N) is 1. The number of carbonyl (C=O) groups is 3. The number of hydrogen-bond donors (Lipinski definition) is 1. The Kier molecular flexibility index (Phi) is 2.51. The summed E-state index contributed by atoms with van der Waals surface area (Å²) in [4.78, 5) is 37.9. The van der Waals surface area contributed by atoms with Crippen LogP contribution in [0, 0.1) is 11.8 Å². The maximum Gasteiger partial charge on any atom is 0.335 e. The van der Waals surface area contributed by atoms with Crippen LogP contribution in [0.4, 0.5) is 5.69 Å². The number of imide groups is 1. The summed E-state index contributed by atoms with van der Waals surface area (Å²) in [6.45, 7) is 3.61. The highest BCUT2D eigenvalue weighted by atomic mass is 16.5. The van der Waals surface area contributed by atoms with Gasteiger partial charge >= 0.3 is 5.97 Å². The highest BCUT2D eigenvalue weighted by Crippen LogP contribution is 2.57. The van der Waals surface area contributed by atoms with Gasteiger partial charge < -0.3 is 9.84 Å². The lowest BCUT2D eigenvalue weighted by Crippen LogP contribution is -2.39. The van der Waals surface area contributed by atoms with Gasteiger partial charge in [-0.25, -0.2) is 9.69 Å². The lowest BCUT2D eigenvalue weighted by molar-refractivity contribution is -0.128. The minimum absolute atomic E-state index is 0.0370. The molecule has 1 N–H and O–H groups in total. The fourth-order valence-corrected chi connectivity index (χ4v) is 4.06. The second-order valence-corrected chi connectivity index (χ2v) is 6.63. The number of carbonyl (C=O) groups excluding carboxylic acids is 2. The number of carboxylic acid groups (broad SMARTS) is 1. The van der Waals surface area contributed by atoms with Crippen LogP contribution in [0.5, 0.6) is 0 Å². The molecule has 0 aromatic heterocycles. The molecule has 3 aliphatic rings. The van der Waals surface area contributed by atoms with E-state index < -0.39 is 29.0 Å². The monoisotopic (exact) mass is 313 g/mol. The number of rotatable bonds is 2. The Morgan fingerprint density at radius 3 is 2.22 bits per heavy atom. The van der Waals surface area contributed by atoms with Crippen molar-refractivity contribution < 1.29 is 24.2 Å². The Balaban J connectivity index is 1.79. The molecular weight excluding hydrogens is 298 g/mol. The van der Waals surface area contributed by atoms with Crippen molar-refractivity contribution >= 4 is 23.5 Å². The second kappa shape index (κ2) is 4.08. The summed E-state index contributed by atoms with van der Waals surface area (Å²) in [5, 5.41) is 9.10. The van der Waals surface area contributed by atoms with Crippen LogP contribution in [0.2, 0.25) is 0 Å². The third-order valence-electron chi connectivity index (χ3n) is 5.08. The zero-order chi connectivity index (χ0) is 16.6. The minimum atomic E-state index is -1.10. The lowest BCUT2D eigenvalue weighted by Gasteiger charge is -2.25. The summed E-state index contributed by atoms with van der Waals surface area (Å²) in [7, 11) is 0. The van der Waals surface area contributed by atoms with Gasteiger partial charge in [0.2, 0.25) is 11.8 Å². The van der Waals surface area contributed by atoms with E-state index >= 15 is 0 Å². The lowest BCUT2D eigenvalue weighted by atomic mass is 9.73. The molecular formula is C17H15NO5. The Labute approximate surface area is 132 Å². The van der Waals surface area contributed by atoms with Gasteiger partial charge in [0.1, 0.15) is 0 Å². The molecule has 4 atom stereocenters. The predicted molar refractivity (Wildman–Crippen MR) is 79.9 cm³/mol. The van der Waals surface area contributed by atoms with Crippen LogP contribution in [-0.4, -0.2) is 34.1 Å². The number of ether oxygens (including phenoxy) is 1. The van der Waals surface area contributed by atoms with Crippen molar-refractivity contribution in [3.05, 3.63) is 42.0 Å². The van der Waals surface area contributed by atoms with E-state index in [0.717, 1.165) is 4.90 Å². The topological polar surface area (TPSA) is 83.9 Å². The molecule has 0 saturated carbocycles. The van der Waals surface area contributed by atoms with Gasteiger partial charge in [0.25, 0.3) is 0 Å². The molecule has 23 heavy (non-hydrogen) atoms. The SMILES string of the molecule is C[C@]12C=C[C@](C)(O1)[C@H]1C(=O)N(c3cccc(C(=O)O)c3)C(=O)[C@@H]12. The summed E-state index contributed by atoms with van der Waals surface area (Å²) < 4.78 is 5.93. The van der Waals surface area contributed by atoms with Crippen LogP contribution in [0.15, 0.2) is 36.4 Å². The van der Waals surface area contributed by atoms with Crippen molar-refractivity contribution in [2.45, 2.75) is 25.0 Å². The maximum atomic E-state index is 12.9. The molecule has 0 unspecified atom stereocenters. The van der Waals surface area contributed by atoms with Gasteiger partial charge in [0, 0.05) is 0 Å². The van der Waals surface area contributed by atoms with E-state index in [1.165, 1.54) is 18.2 Å². The van der Waals surface area contributed by atoms with E-state index in [2.05, 4.69) is 0 Å².